The average Bonchev–Trinajstić information content (AvgIpc) is 2.42. The monoisotopic (exact) mass is 305 g/mol. The van der Waals surface area contributed by atoms with Crippen LogP contribution in [0.2, 0.25) is 0 Å². The number of nitrogens with zero attached hydrogens (tertiary/aromatic N) is 2. The molecule has 0 atom stereocenters. The van der Waals surface area contributed by atoms with Crippen molar-refractivity contribution in [3.8, 4) is 5.75 Å². The Balaban J connectivity index is 1.93. The Hall–Kier alpha value is -2.08. The number of carbonyl (C=O) groups excluding carboxylic acids is 2. The van der Waals surface area contributed by atoms with Crippen LogP contribution in [0.1, 0.15) is 12.0 Å². The maximum Gasteiger partial charge on any atom is 0.331 e. The predicted molar refractivity (Wildman–Crippen MR) is 85.2 cm³/mol. The summed E-state index contributed by atoms with van der Waals surface area (Å²) in [5.41, 5.74) is 1.80. The number of nitrogens with one attached hydrogen (secondary N) is 1. The molecule has 1 N–H and O–H groups in total. The van der Waals surface area contributed by atoms with Crippen molar-refractivity contribution in [2.45, 2.75) is 13.3 Å². The zero-order chi connectivity index (χ0) is 16.1. The van der Waals surface area contributed by atoms with Gasteiger partial charge in [-0.05, 0) is 51.7 Å². The van der Waals surface area contributed by atoms with Crippen molar-refractivity contribution in [3.05, 3.63) is 23.8 Å². The van der Waals surface area contributed by atoms with E-state index in [-0.39, 0.29) is 25.0 Å². The van der Waals surface area contributed by atoms with Crippen LogP contribution in [0.15, 0.2) is 18.2 Å². The molecule has 6 nitrogen and oxygen atoms in total. The summed E-state index contributed by atoms with van der Waals surface area (Å²) in [7, 11) is 4.00. The lowest BCUT2D eigenvalue weighted by atomic mass is 10.1. The lowest BCUT2D eigenvalue weighted by Crippen LogP contribution is -2.43. The van der Waals surface area contributed by atoms with E-state index >= 15 is 0 Å². The topological polar surface area (TPSA) is 61.9 Å². The van der Waals surface area contributed by atoms with Crippen LogP contribution in [0.5, 0.6) is 5.75 Å². The molecule has 6 heteroatoms. The number of anilines is 1. The molecule has 1 aromatic carbocycles. The van der Waals surface area contributed by atoms with Gasteiger partial charge in [0, 0.05) is 6.54 Å². The summed E-state index contributed by atoms with van der Waals surface area (Å²) in [6.45, 7) is 3.76. The third-order valence-corrected chi connectivity index (χ3v) is 3.44. The molecular formula is C16H23N3O3. The number of amides is 1. The third-order valence-electron chi connectivity index (χ3n) is 3.44. The number of benzene rings is 1. The van der Waals surface area contributed by atoms with Crippen LogP contribution in [0.25, 0.3) is 0 Å². The van der Waals surface area contributed by atoms with Gasteiger partial charge < -0.3 is 19.9 Å². The highest BCUT2D eigenvalue weighted by atomic mass is 16.5. The SMILES string of the molecule is Cc1ccc2c(c1)OC(=O)CN2CC(=O)NCCCN(C)C. The number of carbonyl (C=O) groups is 2. The zero-order valence-electron chi connectivity index (χ0n) is 13.4. The molecule has 0 fully saturated rings. The van der Waals surface area contributed by atoms with Gasteiger partial charge >= 0.3 is 5.97 Å². The zero-order valence-corrected chi connectivity index (χ0v) is 13.4. The van der Waals surface area contributed by atoms with Gasteiger partial charge in [-0.25, -0.2) is 4.79 Å². The van der Waals surface area contributed by atoms with E-state index in [0.29, 0.717) is 12.3 Å². The van der Waals surface area contributed by atoms with Gasteiger partial charge in [-0.15, -0.1) is 0 Å². The van der Waals surface area contributed by atoms with Crippen LogP contribution in [0.4, 0.5) is 5.69 Å². The number of hydrogen-bond acceptors (Lipinski definition) is 5. The summed E-state index contributed by atoms with van der Waals surface area (Å²) in [5, 5.41) is 2.88. The molecule has 0 unspecified atom stereocenters. The minimum absolute atomic E-state index is 0.0834. The summed E-state index contributed by atoms with van der Waals surface area (Å²) in [6, 6.07) is 5.64. The van der Waals surface area contributed by atoms with Crippen LogP contribution in [0, 0.1) is 6.92 Å². The van der Waals surface area contributed by atoms with Crippen molar-refractivity contribution in [1.29, 1.82) is 0 Å². The van der Waals surface area contributed by atoms with Crippen molar-refractivity contribution in [3.63, 3.8) is 0 Å². The molecule has 0 saturated carbocycles. The quantitative estimate of drug-likeness (QED) is 0.478. The van der Waals surface area contributed by atoms with E-state index in [1.165, 1.54) is 0 Å². The van der Waals surface area contributed by atoms with Crippen LogP contribution in [0.3, 0.4) is 0 Å². The molecular weight excluding hydrogens is 282 g/mol. The molecule has 1 aromatic rings. The van der Waals surface area contributed by atoms with E-state index in [1.807, 2.05) is 39.2 Å². The van der Waals surface area contributed by atoms with Crippen molar-refractivity contribution in [1.82, 2.24) is 10.2 Å². The van der Waals surface area contributed by atoms with Gasteiger partial charge in [0.25, 0.3) is 0 Å². The van der Waals surface area contributed by atoms with Crippen LogP contribution < -0.4 is 15.0 Å². The highest BCUT2D eigenvalue weighted by Gasteiger charge is 2.25. The number of esters is 1. The molecule has 0 radical (unpaired) electrons. The second-order valence-electron chi connectivity index (χ2n) is 5.81. The predicted octanol–water partition coefficient (Wildman–Crippen LogP) is 0.788. The molecule has 2 rings (SSSR count). The number of hydrogen-bond donors (Lipinski definition) is 1. The molecule has 0 spiro atoms. The number of aryl methyl sites for hydroxylation is 1. The van der Waals surface area contributed by atoms with E-state index in [9.17, 15) is 9.59 Å². The van der Waals surface area contributed by atoms with Gasteiger partial charge in [-0.2, -0.15) is 0 Å². The molecule has 120 valence electrons. The first kappa shape index (κ1) is 16.3. The summed E-state index contributed by atoms with van der Waals surface area (Å²) in [6.07, 6.45) is 0.899. The highest BCUT2D eigenvalue weighted by Crippen LogP contribution is 2.32. The molecule has 1 aliphatic rings. The van der Waals surface area contributed by atoms with Gasteiger partial charge in [0.05, 0.1) is 12.2 Å². The minimum atomic E-state index is -0.335. The van der Waals surface area contributed by atoms with E-state index in [0.717, 1.165) is 24.2 Å². The molecule has 1 aliphatic heterocycles. The van der Waals surface area contributed by atoms with Gasteiger partial charge in [0.15, 0.2) is 5.75 Å². The number of ether oxygens (including phenoxy) is 1. The van der Waals surface area contributed by atoms with Crippen molar-refractivity contribution in [2.24, 2.45) is 0 Å². The largest absolute Gasteiger partial charge is 0.423 e. The van der Waals surface area contributed by atoms with Gasteiger partial charge in [0.1, 0.15) is 6.54 Å². The maximum atomic E-state index is 12.0. The Kier molecular flexibility index (Phi) is 5.38. The third kappa shape index (κ3) is 4.46. The smallest absolute Gasteiger partial charge is 0.331 e. The highest BCUT2D eigenvalue weighted by molar-refractivity contribution is 5.89. The molecule has 1 amide bonds. The fraction of sp³-hybridized carbons (Fsp3) is 0.500. The Bertz CT molecular complexity index is 558. The summed E-state index contributed by atoms with van der Waals surface area (Å²) < 4.78 is 5.23. The molecule has 0 saturated heterocycles. The molecule has 0 aromatic heterocycles. The molecule has 0 aliphatic carbocycles. The van der Waals surface area contributed by atoms with Crippen LogP contribution >= 0.6 is 0 Å². The Labute approximate surface area is 131 Å². The first-order valence-corrected chi connectivity index (χ1v) is 7.43. The summed E-state index contributed by atoms with van der Waals surface area (Å²) in [4.78, 5) is 27.5. The summed E-state index contributed by atoms with van der Waals surface area (Å²) in [5.74, 6) is 0.107. The minimum Gasteiger partial charge on any atom is -0.423 e. The maximum absolute atomic E-state index is 12.0. The van der Waals surface area contributed by atoms with Crippen molar-refractivity contribution < 1.29 is 14.3 Å². The van der Waals surface area contributed by atoms with Gasteiger partial charge in [-0.3, -0.25) is 4.79 Å². The number of fused-ring (bicyclic) bond motifs is 1. The van der Waals surface area contributed by atoms with Crippen LogP contribution in [-0.2, 0) is 9.59 Å². The van der Waals surface area contributed by atoms with E-state index in [2.05, 4.69) is 10.2 Å². The molecule has 0 bridgehead atoms. The first-order valence-electron chi connectivity index (χ1n) is 7.43. The normalized spacial score (nSPS) is 13.8. The second-order valence-corrected chi connectivity index (χ2v) is 5.81. The van der Waals surface area contributed by atoms with E-state index in [4.69, 9.17) is 4.74 Å². The van der Waals surface area contributed by atoms with E-state index < -0.39 is 0 Å². The van der Waals surface area contributed by atoms with Gasteiger partial charge in [0.2, 0.25) is 5.91 Å². The van der Waals surface area contributed by atoms with E-state index in [1.54, 1.807) is 4.90 Å². The van der Waals surface area contributed by atoms with Gasteiger partial charge in [-0.1, -0.05) is 6.07 Å². The molecule has 22 heavy (non-hydrogen) atoms. The fourth-order valence-electron chi connectivity index (χ4n) is 2.35. The Morgan fingerprint density at radius 2 is 2.18 bits per heavy atom. The lowest BCUT2D eigenvalue weighted by Gasteiger charge is -2.29. The van der Waals surface area contributed by atoms with Crippen LogP contribution in [-0.4, -0.2) is 57.1 Å². The Morgan fingerprint density at radius 1 is 1.41 bits per heavy atom. The Morgan fingerprint density at radius 3 is 2.91 bits per heavy atom. The van der Waals surface area contributed by atoms with Crippen molar-refractivity contribution >= 4 is 17.6 Å². The second kappa shape index (κ2) is 7.26. The number of rotatable bonds is 6. The first-order chi connectivity index (χ1) is 10.5. The fourth-order valence-corrected chi connectivity index (χ4v) is 2.35. The standard InChI is InChI=1S/C16H23N3O3/c1-12-5-6-13-14(9-12)22-16(21)11-19(13)10-15(20)17-7-4-8-18(2)3/h5-6,9H,4,7-8,10-11H2,1-3H3,(H,17,20). The lowest BCUT2D eigenvalue weighted by molar-refractivity contribution is -0.133. The molecule has 1 heterocycles. The summed E-state index contributed by atoms with van der Waals surface area (Å²) >= 11 is 0. The van der Waals surface area contributed by atoms with Crippen molar-refractivity contribution in [2.75, 3.05) is 45.2 Å². The average molecular weight is 305 g/mol.